The van der Waals surface area contributed by atoms with Crippen LogP contribution in [0.1, 0.15) is 12.6 Å². The van der Waals surface area contributed by atoms with Crippen LogP contribution in [0.2, 0.25) is 0 Å². The number of aromatic nitrogens is 1. The number of rotatable bonds is 4. The number of allylic oxidation sites excluding steroid dienone is 5. The van der Waals surface area contributed by atoms with Gasteiger partial charge in [0.2, 0.25) is 0 Å². The Balaban J connectivity index is 2.39. The lowest BCUT2D eigenvalue weighted by Crippen LogP contribution is -1.78. The van der Waals surface area contributed by atoms with Crippen molar-refractivity contribution in [3.05, 3.63) is 66.9 Å². The quantitative estimate of drug-likeness (QED) is 0.831. The monoisotopic (exact) mass is 253 g/mol. The van der Waals surface area contributed by atoms with Crippen LogP contribution < -0.4 is 0 Å². The summed E-state index contributed by atoms with van der Waals surface area (Å²) in [5.41, 5.74) is 2.17. The first kappa shape index (κ1) is 12.9. The van der Waals surface area contributed by atoms with Gasteiger partial charge in [0.25, 0.3) is 0 Å². The lowest BCUT2D eigenvalue weighted by atomic mass is 10.1. The molecule has 1 heterocycles. The number of aromatic hydroxyl groups is 1. The predicted molar refractivity (Wildman–Crippen MR) is 76.6 cm³/mol. The third-order valence-electron chi connectivity index (χ3n) is 2.66. The van der Waals surface area contributed by atoms with E-state index in [9.17, 15) is 5.11 Å². The summed E-state index contributed by atoms with van der Waals surface area (Å²) in [5, 5.41) is 13.8. The standard InChI is InChI=1S/C16H15NO2/c1-3-5-8-12(4-2)14-11-16(19-17-14)13-9-6-7-10-15(13)18/h3-11,18H,2H2,1H3/b5-3-,12-8+. The van der Waals surface area contributed by atoms with Gasteiger partial charge in [-0.2, -0.15) is 0 Å². The molecule has 0 unspecified atom stereocenters. The molecule has 3 heteroatoms. The number of nitrogens with zero attached hydrogens (tertiary/aromatic N) is 1. The molecule has 1 aromatic carbocycles. The fourth-order valence-corrected chi connectivity index (χ4v) is 1.68. The summed E-state index contributed by atoms with van der Waals surface area (Å²) >= 11 is 0. The lowest BCUT2D eigenvalue weighted by molar-refractivity contribution is 0.424. The summed E-state index contributed by atoms with van der Waals surface area (Å²) in [6, 6.07) is 8.77. The van der Waals surface area contributed by atoms with Gasteiger partial charge in [-0.3, -0.25) is 0 Å². The van der Waals surface area contributed by atoms with Gasteiger partial charge in [0.1, 0.15) is 11.4 Å². The molecule has 0 aliphatic heterocycles. The minimum Gasteiger partial charge on any atom is -0.507 e. The van der Waals surface area contributed by atoms with Crippen molar-refractivity contribution in [1.82, 2.24) is 5.16 Å². The van der Waals surface area contributed by atoms with E-state index >= 15 is 0 Å². The van der Waals surface area contributed by atoms with Crippen molar-refractivity contribution in [3.8, 4) is 17.1 Å². The number of hydrogen-bond donors (Lipinski definition) is 1. The van der Waals surface area contributed by atoms with Gasteiger partial charge in [0, 0.05) is 11.6 Å². The van der Waals surface area contributed by atoms with Crippen LogP contribution in [0.4, 0.5) is 0 Å². The number of phenolic OH excluding ortho intramolecular Hbond substituents is 1. The number of phenols is 1. The minimum absolute atomic E-state index is 0.169. The molecule has 1 N–H and O–H groups in total. The predicted octanol–water partition coefficient (Wildman–Crippen LogP) is 4.19. The molecule has 0 saturated carbocycles. The van der Waals surface area contributed by atoms with Gasteiger partial charge in [-0.1, -0.05) is 48.2 Å². The van der Waals surface area contributed by atoms with Crippen molar-refractivity contribution in [2.75, 3.05) is 0 Å². The van der Waals surface area contributed by atoms with Crippen LogP contribution in [-0.2, 0) is 0 Å². The average molecular weight is 253 g/mol. The van der Waals surface area contributed by atoms with Gasteiger partial charge in [-0.05, 0) is 19.1 Å². The molecule has 0 aliphatic carbocycles. The molecule has 2 aromatic rings. The Morgan fingerprint density at radius 1 is 1.37 bits per heavy atom. The van der Waals surface area contributed by atoms with Crippen molar-refractivity contribution in [2.45, 2.75) is 6.92 Å². The smallest absolute Gasteiger partial charge is 0.171 e. The van der Waals surface area contributed by atoms with Crippen molar-refractivity contribution < 1.29 is 9.63 Å². The molecule has 96 valence electrons. The summed E-state index contributed by atoms with van der Waals surface area (Å²) in [7, 11) is 0. The minimum atomic E-state index is 0.169. The fourth-order valence-electron chi connectivity index (χ4n) is 1.68. The Labute approximate surface area is 112 Å². The topological polar surface area (TPSA) is 46.3 Å². The molecule has 0 saturated heterocycles. The van der Waals surface area contributed by atoms with Gasteiger partial charge >= 0.3 is 0 Å². The maximum absolute atomic E-state index is 9.78. The van der Waals surface area contributed by atoms with Gasteiger partial charge in [0.05, 0.1) is 5.56 Å². The largest absolute Gasteiger partial charge is 0.507 e. The molecular formula is C16H15NO2. The zero-order valence-electron chi connectivity index (χ0n) is 10.7. The van der Waals surface area contributed by atoms with Crippen molar-refractivity contribution >= 4 is 5.57 Å². The fraction of sp³-hybridized carbons (Fsp3) is 0.0625. The van der Waals surface area contributed by atoms with E-state index in [-0.39, 0.29) is 5.75 Å². The van der Waals surface area contributed by atoms with Crippen LogP contribution >= 0.6 is 0 Å². The maximum Gasteiger partial charge on any atom is 0.171 e. The molecule has 1 aromatic heterocycles. The first-order valence-electron chi connectivity index (χ1n) is 5.97. The summed E-state index contributed by atoms with van der Waals surface area (Å²) in [4.78, 5) is 0. The first-order valence-corrected chi connectivity index (χ1v) is 5.97. The van der Waals surface area contributed by atoms with E-state index < -0.39 is 0 Å². The summed E-state index contributed by atoms with van der Waals surface area (Å²) in [6.45, 7) is 5.69. The molecule has 0 bridgehead atoms. The second-order valence-electron chi connectivity index (χ2n) is 3.95. The van der Waals surface area contributed by atoms with Crippen molar-refractivity contribution in [1.29, 1.82) is 0 Å². The lowest BCUT2D eigenvalue weighted by Gasteiger charge is -1.97. The Kier molecular flexibility index (Phi) is 3.98. The molecule has 0 fully saturated rings. The molecule has 0 aliphatic rings. The van der Waals surface area contributed by atoms with E-state index in [1.807, 2.05) is 31.2 Å². The highest BCUT2D eigenvalue weighted by molar-refractivity contribution is 5.75. The van der Waals surface area contributed by atoms with E-state index in [1.165, 1.54) is 0 Å². The molecule has 19 heavy (non-hydrogen) atoms. The summed E-state index contributed by atoms with van der Waals surface area (Å²) in [5.74, 6) is 0.698. The summed E-state index contributed by atoms with van der Waals surface area (Å²) in [6.07, 6.45) is 7.45. The Bertz CT molecular complexity index is 636. The molecule has 3 nitrogen and oxygen atoms in total. The van der Waals surface area contributed by atoms with Gasteiger partial charge in [-0.15, -0.1) is 0 Å². The Morgan fingerprint density at radius 2 is 2.16 bits per heavy atom. The van der Waals surface area contributed by atoms with Crippen LogP contribution in [0.15, 0.2) is 65.7 Å². The van der Waals surface area contributed by atoms with Crippen LogP contribution in [0.3, 0.4) is 0 Å². The van der Waals surface area contributed by atoms with Crippen LogP contribution in [0.25, 0.3) is 16.9 Å². The number of benzene rings is 1. The molecule has 2 rings (SSSR count). The Hall–Kier alpha value is -2.55. The van der Waals surface area contributed by atoms with E-state index in [0.29, 0.717) is 17.0 Å². The second-order valence-corrected chi connectivity index (χ2v) is 3.95. The maximum atomic E-state index is 9.78. The third kappa shape index (κ3) is 2.83. The average Bonchev–Trinajstić information content (AvgIpc) is 2.90. The number of para-hydroxylation sites is 1. The highest BCUT2D eigenvalue weighted by Gasteiger charge is 2.11. The third-order valence-corrected chi connectivity index (χ3v) is 2.66. The molecular weight excluding hydrogens is 238 g/mol. The Morgan fingerprint density at radius 3 is 2.84 bits per heavy atom. The van der Waals surface area contributed by atoms with Crippen LogP contribution in [0.5, 0.6) is 5.75 Å². The van der Waals surface area contributed by atoms with Gasteiger partial charge < -0.3 is 9.63 Å². The number of hydrogen-bond acceptors (Lipinski definition) is 3. The van der Waals surface area contributed by atoms with Crippen LogP contribution in [0, 0.1) is 0 Å². The van der Waals surface area contributed by atoms with Crippen molar-refractivity contribution in [3.63, 3.8) is 0 Å². The second kappa shape index (κ2) is 5.87. The zero-order chi connectivity index (χ0) is 13.7. The molecule has 0 atom stereocenters. The zero-order valence-corrected chi connectivity index (χ0v) is 10.7. The van der Waals surface area contributed by atoms with Gasteiger partial charge in [0.15, 0.2) is 5.76 Å². The first-order chi connectivity index (χ1) is 9.26. The van der Waals surface area contributed by atoms with Crippen LogP contribution in [-0.4, -0.2) is 10.3 Å². The highest BCUT2D eigenvalue weighted by Crippen LogP contribution is 2.30. The van der Waals surface area contributed by atoms with E-state index in [0.717, 1.165) is 5.57 Å². The summed E-state index contributed by atoms with van der Waals surface area (Å²) < 4.78 is 5.27. The van der Waals surface area contributed by atoms with E-state index in [1.54, 1.807) is 30.3 Å². The van der Waals surface area contributed by atoms with Crippen molar-refractivity contribution in [2.24, 2.45) is 0 Å². The molecule has 0 amide bonds. The van der Waals surface area contributed by atoms with E-state index in [4.69, 9.17) is 4.52 Å². The highest BCUT2D eigenvalue weighted by atomic mass is 16.5. The molecule has 0 spiro atoms. The SMILES string of the molecule is C=C/C(=C\C=C/C)c1cc(-c2ccccc2O)on1. The van der Waals surface area contributed by atoms with Gasteiger partial charge in [-0.25, -0.2) is 0 Å². The normalized spacial score (nSPS) is 11.9. The van der Waals surface area contributed by atoms with E-state index in [2.05, 4.69) is 11.7 Å². The molecule has 0 radical (unpaired) electrons.